The van der Waals surface area contributed by atoms with E-state index in [1.807, 2.05) is 58.0 Å². The van der Waals surface area contributed by atoms with Gasteiger partial charge in [-0.25, -0.2) is 0 Å². The van der Waals surface area contributed by atoms with E-state index < -0.39 is 30.7 Å². The molecule has 1 radical (unpaired) electrons. The maximum Gasteiger partial charge on any atom is 0.184 e. The molecule has 5 atom stereocenters. The fourth-order valence-corrected chi connectivity index (χ4v) is 2.12. The standard InChI is InChI=1S/C11H14O5.C6H5.2C2H6.CH3.Y/c12-7-8(13)10(16-11(15)9(7)14)6-4-2-1-3-5-6;1-2-4-6-5-3-1;2*1-2;;/h1-5,7-15H;1-5H;2*1-2H3;1H3;/q;-1;;;-1;/t7-,8-,9+,10?,11?;;;;;/m1...../s1. The molecule has 0 amide bonds. The number of hydrogen-bond acceptors (Lipinski definition) is 5. The second kappa shape index (κ2) is 19.7. The van der Waals surface area contributed by atoms with E-state index in [0.29, 0.717) is 5.56 Å². The summed E-state index contributed by atoms with van der Waals surface area (Å²) in [7, 11) is 0. The number of rotatable bonds is 1. The summed E-state index contributed by atoms with van der Waals surface area (Å²) in [4.78, 5) is 0. The summed E-state index contributed by atoms with van der Waals surface area (Å²) in [6.07, 6.45) is -6.51. The topological polar surface area (TPSA) is 90.2 Å². The summed E-state index contributed by atoms with van der Waals surface area (Å²) in [5, 5.41) is 37.9. The van der Waals surface area contributed by atoms with Crippen molar-refractivity contribution in [1.82, 2.24) is 0 Å². The molecule has 2 unspecified atom stereocenters. The summed E-state index contributed by atoms with van der Waals surface area (Å²) in [5.74, 6) is 0. The van der Waals surface area contributed by atoms with Gasteiger partial charge in [-0.3, -0.25) is 0 Å². The van der Waals surface area contributed by atoms with E-state index in [1.165, 1.54) is 0 Å². The Labute approximate surface area is 195 Å². The first kappa shape index (κ1) is 32.0. The van der Waals surface area contributed by atoms with Gasteiger partial charge in [0, 0.05) is 32.7 Å². The normalized spacial score (nSPS) is 24.8. The largest absolute Gasteiger partial charge is 0.387 e. The molecule has 3 rings (SSSR count). The van der Waals surface area contributed by atoms with Crippen LogP contribution < -0.4 is 0 Å². The van der Waals surface area contributed by atoms with E-state index >= 15 is 0 Å². The fourth-order valence-electron chi connectivity index (χ4n) is 2.12. The van der Waals surface area contributed by atoms with Crippen LogP contribution in [0.2, 0.25) is 0 Å². The van der Waals surface area contributed by atoms with Gasteiger partial charge in [0.15, 0.2) is 6.29 Å². The monoisotopic (exact) mass is 467 g/mol. The summed E-state index contributed by atoms with van der Waals surface area (Å²) >= 11 is 0. The van der Waals surface area contributed by atoms with Crippen LogP contribution in [0, 0.1) is 13.5 Å². The zero-order valence-electron chi connectivity index (χ0n) is 17.4. The Kier molecular flexibility index (Phi) is 22.5. The minimum atomic E-state index is -1.50. The van der Waals surface area contributed by atoms with Gasteiger partial charge in [-0.05, 0) is 5.56 Å². The summed E-state index contributed by atoms with van der Waals surface area (Å²) in [6.45, 7) is 8.00. The maximum atomic E-state index is 9.73. The summed E-state index contributed by atoms with van der Waals surface area (Å²) < 4.78 is 5.06. The minimum Gasteiger partial charge on any atom is -0.387 e. The Balaban J connectivity index is -0.000000442. The van der Waals surface area contributed by atoms with Crippen LogP contribution >= 0.6 is 0 Å². The zero-order chi connectivity index (χ0) is 19.9. The molecule has 0 spiro atoms. The molecule has 1 aliphatic rings. The molecule has 157 valence electrons. The third kappa shape index (κ3) is 10.8. The molecular weight excluding hydrogens is 433 g/mol. The molecular formula is C22H34O5Y-2. The Morgan fingerprint density at radius 3 is 1.57 bits per heavy atom. The number of ether oxygens (including phenoxy) is 1. The van der Waals surface area contributed by atoms with Crippen LogP contribution in [0.5, 0.6) is 0 Å². The molecule has 2 aromatic rings. The van der Waals surface area contributed by atoms with E-state index in [1.54, 1.807) is 30.3 Å². The van der Waals surface area contributed by atoms with Gasteiger partial charge in [-0.2, -0.15) is 36.4 Å². The first-order valence-electron chi connectivity index (χ1n) is 8.95. The van der Waals surface area contributed by atoms with Crippen molar-refractivity contribution in [3.8, 4) is 0 Å². The zero-order valence-corrected chi connectivity index (χ0v) is 20.3. The molecule has 1 heterocycles. The SMILES string of the molecule is CC.CC.OC1OC(c2ccccc2)[C@H](O)[C@@H](O)[C@@H]1O.[CH3-].[Y].[c-]1ccccc1. The van der Waals surface area contributed by atoms with Gasteiger partial charge in [0.05, 0.1) is 0 Å². The number of aliphatic hydroxyl groups is 4. The van der Waals surface area contributed by atoms with Crippen LogP contribution in [0.3, 0.4) is 0 Å². The van der Waals surface area contributed by atoms with Crippen LogP contribution in [-0.4, -0.2) is 45.0 Å². The molecule has 0 saturated carbocycles. The molecule has 1 saturated heterocycles. The van der Waals surface area contributed by atoms with Crippen molar-refractivity contribution in [3.63, 3.8) is 0 Å². The van der Waals surface area contributed by atoms with Crippen LogP contribution in [0.1, 0.15) is 39.4 Å². The van der Waals surface area contributed by atoms with Gasteiger partial charge in [0.2, 0.25) is 0 Å². The number of benzene rings is 2. The Bertz CT molecular complexity index is 514. The van der Waals surface area contributed by atoms with Crippen LogP contribution in [-0.2, 0) is 37.4 Å². The average Bonchev–Trinajstić information content (AvgIpc) is 2.74. The van der Waals surface area contributed by atoms with Crippen molar-refractivity contribution >= 4 is 0 Å². The van der Waals surface area contributed by atoms with Crippen molar-refractivity contribution in [2.75, 3.05) is 0 Å². The summed E-state index contributed by atoms with van der Waals surface area (Å²) in [6, 6.07) is 21.3. The molecule has 28 heavy (non-hydrogen) atoms. The Morgan fingerprint density at radius 1 is 0.714 bits per heavy atom. The predicted molar refractivity (Wildman–Crippen MR) is 109 cm³/mol. The van der Waals surface area contributed by atoms with E-state index in [0.717, 1.165) is 0 Å². The Hall–Kier alpha value is -0.656. The first-order chi connectivity index (χ1) is 12.6. The molecule has 0 aromatic heterocycles. The van der Waals surface area contributed by atoms with Gasteiger partial charge < -0.3 is 32.6 Å². The third-order valence-corrected chi connectivity index (χ3v) is 3.32. The van der Waals surface area contributed by atoms with Gasteiger partial charge in [-0.15, -0.1) is 0 Å². The second-order valence-corrected chi connectivity index (χ2v) is 4.91. The number of aliphatic hydroxyl groups excluding tert-OH is 4. The molecule has 5 nitrogen and oxygen atoms in total. The minimum absolute atomic E-state index is 0. The smallest absolute Gasteiger partial charge is 0.184 e. The molecule has 0 aliphatic carbocycles. The van der Waals surface area contributed by atoms with Crippen molar-refractivity contribution in [1.29, 1.82) is 0 Å². The van der Waals surface area contributed by atoms with Gasteiger partial charge in [0.25, 0.3) is 0 Å². The van der Waals surface area contributed by atoms with Crippen LogP contribution in [0.4, 0.5) is 0 Å². The first-order valence-corrected chi connectivity index (χ1v) is 8.95. The molecule has 1 aliphatic heterocycles. The van der Waals surface area contributed by atoms with Crippen LogP contribution in [0.15, 0.2) is 60.7 Å². The van der Waals surface area contributed by atoms with Crippen molar-refractivity contribution in [2.24, 2.45) is 0 Å². The van der Waals surface area contributed by atoms with Crippen molar-refractivity contribution in [3.05, 3.63) is 79.7 Å². The number of hydrogen-bond donors (Lipinski definition) is 4. The van der Waals surface area contributed by atoms with Gasteiger partial charge in [0.1, 0.15) is 24.4 Å². The molecule has 4 N–H and O–H groups in total. The molecule has 0 bridgehead atoms. The van der Waals surface area contributed by atoms with E-state index in [4.69, 9.17) is 4.74 Å². The van der Waals surface area contributed by atoms with Gasteiger partial charge >= 0.3 is 0 Å². The molecule has 1 fully saturated rings. The van der Waals surface area contributed by atoms with E-state index in [-0.39, 0.29) is 40.1 Å². The quantitative estimate of drug-likeness (QED) is 0.484. The predicted octanol–water partition coefficient (Wildman–Crippen LogP) is 3.15. The summed E-state index contributed by atoms with van der Waals surface area (Å²) in [5.41, 5.74) is 0.639. The fraction of sp³-hybridized carbons (Fsp3) is 0.409. The van der Waals surface area contributed by atoms with Crippen molar-refractivity contribution in [2.45, 2.75) is 58.4 Å². The molecule has 6 heteroatoms. The van der Waals surface area contributed by atoms with Crippen LogP contribution in [0.25, 0.3) is 0 Å². The van der Waals surface area contributed by atoms with E-state index in [2.05, 4.69) is 6.07 Å². The maximum absolute atomic E-state index is 9.73. The second-order valence-electron chi connectivity index (χ2n) is 4.91. The van der Waals surface area contributed by atoms with Crippen molar-refractivity contribution < 1.29 is 57.9 Å². The van der Waals surface area contributed by atoms with E-state index in [9.17, 15) is 20.4 Å². The third-order valence-electron chi connectivity index (χ3n) is 3.32. The average molecular weight is 467 g/mol. The van der Waals surface area contributed by atoms with Gasteiger partial charge in [-0.1, -0.05) is 58.0 Å². The molecule has 2 aromatic carbocycles. The Morgan fingerprint density at radius 2 is 1.18 bits per heavy atom.